The first kappa shape index (κ1) is 13.6. The maximum Gasteiger partial charge on any atom is 0.0791 e. The summed E-state index contributed by atoms with van der Waals surface area (Å²) in [5, 5.41) is 10.2. The van der Waals surface area contributed by atoms with Gasteiger partial charge in [-0.15, -0.1) is 0 Å². The van der Waals surface area contributed by atoms with Gasteiger partial charge in [0.2, 0.25) is 0 Å². The van der Waals surface area contributed by atoms with Gasteiger partial charge in [0.25, 0.3) is 0 Å². The molecule has 2 heteroatoms. The molecule has 0 spiro atoms. The number of rotatable bonds is 5. The molecule has 0 aromatic heterocycles. The number of hydrogen-bond donors (Lipinski definition) is 1. The van der Waals surface area contributed by atoms with E-state index >= 15 is 0 Å². The van der Waals surface area contributed by atoms with Gasteiger partial charge in [-0.25, -0.2) is 0 Å². The first-order chi connectivity index (χ1) is 8.79. The Labute approximate surface area is 110 Å². The molecule has 2 atom stereocenters. The number of ether oxygens (including phenoxy) is 1. The Morgan fingerprint density at radius 2 is 2.28 bits per heavy atom. The van der Waals surface area contributed by atoms with Gasteiger partial charge >= 0.3 is 0 Å². The van der Waals surface area contributed by atoms with Gasteiger partial charge in [0.05, 0.1) is 12.2 Å². The van der Waals surface area contributed by atoms with Crippen LogP contribution in [0.2, 0.25) is 0 Å². The van der Waals surface area contributed by atoms with Crippen molar-refractivity contribution in [2.24, 2.45) is 0 Å². The summed E-state index contributed by atoms with van der Waals surface area (Å²) in [6.07, 6.45) is 6.43. The van der Waals surface area contributed by atoms with E-state index in [-0.39, 0.29) is 6.10 Å². The molecule has 1 N–H and O–H groups in total. The van der Waals surface area contributed by atoms with Gasteiger partial charge in [-0.3, -0.25) is 0 Å². The molecular weight excluding hydrogens is 224 g/mol. The van der Waals surface area contributed by atoms with Gasteiger partial charge in [0.15, 0.2) is 0 Å². The van der Waals surface area contributed by atoms with Crippen LogP contribution in [0.5, 0.6) is 0 Å². The normalized spacial score (nSPS) is 21.8. The fourth-order valence-corrected chi connectivity index (χ4v) is 2.57. The van der Waals surface area contributed by atoms with Crippen molar-refractivity contribution in [3.63, 3.8) is 0 Å². The molecule has 0 bridgehead atoms. The summed E-state index contributed by atoms with van der Waals surface area (Å²) in [6.45, 7) is 3.04. The Bertz CT molecular complexity index is 356. The van der Waals surface area contributed by atoms with Gasteiger partial charge in [0, 0.05) is 6.61 Å². The van der Waals surface area contributed by atoms with Crippen LogP contribution in [0.1, 0.15) is 56.3 Å². The average Bonchev–Trinajstić information content (AvgIpc) is 2.46. The standard InChI is InChI=1S/C16H24O2/c1-2-13-6-5-7-14(12-13)16(17)10-9-15-8-3-4-11-18-15/h5-7,12,15-17H,2-4,8-11H2,1H3. The molecule has 1 heterocycles. The predicted octanol–water partition coefficient (Wildman–Crippen LogP) is 3.63. The maximum atomic E-state index is 10.2. The highest BCUT2D eigenvalue weighted by Crippen LogP contribution is 2.24. The molecule has 100 valence electrons. The van der Waals surface area contributed by atoms with E-state index in [0.717, 1.165) is 37.9 Å². The Kier molecular flexibility index (Phi) is 5.21. The zero-order valence-corrected chi connectivity index (χ0v) is 11.3. The molecule has 1 aromatic carbocycles. The smallest absolute Gasteiger partial charge is 0.0791 e. The monoisotopic (exact) mass is 248 g/mol. The molecule has 1 saturated heterocycles. The van der Waals surface area contributed by atoms with E-state index in [1.165, 1.54) is 18.4 Å². The second-order valence-electron chi connectivity index (χ2n) is 5.18. The van der Waals surface area contributed by atoms with Gasteiger partial charge in [-0.2, -0.15) is 0 Å². The largest absolute Gasteiger partial charge is 0.388 e. The Balaban J connectivity index is 1.84. The van der Waals surface area contributed by atoms with Crippen LogP contribution in [-0.4, -0.2) is 17.8 Å². The summed E-state index contributed by atoms with van der Waals surface area (Å²) < 4.78 is 5.70. The van der Waals surface area contributed by atoms with Crippen molar-refractivity contribution in [1.29, 1.82) is 0 Å². The lowest BCUT2D eigenvalue weighted by atomic mass is 9.98. The van der Waals surface area contributed by atoms with E-state index in [9.17, 15) is 5.11 Å². The van der Waals surface area contributed by atoms with Crippen LogP contribution in [-0.2, 0) is 11.2 Å². The maximum absolute atomic E-state index is 10.2. The van der Waals surface area contributed by atoms with Crippen LogP contribution in [0.4, 0.5) is 0 Å². The fraction of sp³-hybridized carbons (Fsp3) is 0.625. The summed E-state index contributed by atoms with van der Waals surface area (Å²) in [5.74, 6) is 0. The third kappa shape index (κ3) is 3.82. The van der Waals surface area contributed by atoms with Gasteiger partial charge in [-0.05, 0) is 49.7 Å². The number of aryl methyl sites for hydroxylation is 1. The highest BCUT2D eigenvalue weighted by molar-refractivity contribution is 5.25. The molecule has 1 fully saturated rings. The number of aliphatic hydroxyl groups excluding tert-OH is 1. The number of benzene rings is 1. The fourth-order valence-electron chi connectivity index (χ4n) is 2.57. The Morgan fingerprint density at radius 1 is 1.39 bits per heavy atom. The topological polar surface area (TPSA) is 29.5 Å². The first-order valence-electron chi connectivity index (χ1n) is 7.18. The Hall–Kier alpha value is -0.860. The highest BCUT2D eigenvalue weighted by atomic mass is 16.5. The van der Waals surface area contributed by atoms with Crippen molar-refractivity contribution in [2.75, 3.05) is 6.61 Å². The second-order valence-corrected chi connectivity index (χ2v) is 5.18. The van der Waals surface area contributed by atoms with Crippen molar-refractivity contribution in [3.05, 3.63) is 35.4 Å². The van der Waals surface area contributed by atoms with Crippen LogP contribution < -0.4 is 0 Å². The number of aliphatic hydroxyl groups is 1. The minimum absolute atomic E-state index is 0.345. The van der Waals surface area contributed by atoms with E-state index in [1.807, 2.05) is 12.1 Å². The molecule has 2 unspecified atom stereocenters. The summed E-state index contributed by atoms with van der Waals surface area (Å²) in [4.78, 5) is 0. The van der Waals surface area contributed by atoms with E-state index < -0.39 is 0 Å². The molecule has 2 nitrogen and oxygen atoms in total. The lowest BCUT2D eigenvalue weighted by Gasteiger charge is -2.23. The van der Waals surface area contributed by atoms with E-state index in [0.29, 0.717) is 6.10 Å². The molecular formula is C16H24O2. The second kappa shape index (κ2) is 6.91. The predicted molar refractivity (Wildman–Crippen MR) is 73.6 cm³/mol. The van der Waals surface area contributed by atoms with Crippen molar-refractivity contribution in [3.8, 4) is 0 Å². The average molecular weight is 248 g/mol. The molecule has 1 aliphatic heterocycles. The van der Waals surface area contributed by atoms with Crippen molar-refractivity contribution in [1.82, 2.24) is 0 Å². The summed E-state index contributed by atoms with van der Waals surface area (Å²) in [6, 6.07) is 8.28. The van der Waals surface area contributed by atoms with E-state index in [2.05, 4.69) is 19.1 Å². The third-order valence-electron chi connectivity index (χ3n) is 3.78. The van der Waals surface area contributed by atoms with Gasteiger partial charge in [-0.1, -0.05) is 31.2 Å². The quantitative estimate of drug-likeness (QED) is 0.862. The van der Waals surface area contributed by atoms with Crippen LogP contribution in [0.25, 0.3) is 0 Å². The summed E-state index contributed by atoms with van der Waals surface area (Å²) in [7, 11) is 0. The zero-order valence-electron chi connectivity index (χ0n) is 11.3. The third-order valence-corrected chi connectivity index (χ3v) is 3.78. The van der Waals surface area contributed by atoms with Crippen molar-refractivity contribution < 1.29 is 9.84 Å². The van der Waals surface area contributed by atoms with Crippen molar-refractivity contribution >= 4 is 0 Å². The van der Waals surface area contributed by atoms with E-state index in [1.54, 1.807) is 0 Å². The Morgan fingerprint density at radius 3 is 3.00 bits per heavy atom. The van der Waals surface area contributed by atoms with Crippen molar-refractivity contribution in [2.45, 2.75) is 57.7 Å². The zero-order chi connectivity index (χ0) is 12.8. The molecule has 0 amide bonds. The molecule has 1 aromatic rings. The minimum Gasteiger partial charge on any atom is -0.388 e. The molecule has 1 aliphatic rings. The van der Waals surface area contributed by atoms with Gasteiger partial charge in [0.1, 0.15) is 0 Å². The highest BCUT2D eigenvalue weighted by Gasteiger charge is 2.16. The lowest BCUT2D eigenvalue weighted by Crippen LogP contribution is -2.19. The first-order valence-corrected chi connectivity index (χ1v) is 7.18. The summed E-state index contributed by atoms with van der Waals surface area (Å²) in [5.41, 5.74) is 2.34. The molecule has 0 aliphatic carbocycles. The minimum atomic E-state index is -0.345. The van der Waals surface area contributed by atoms with Crippen LogP contribution >= 0.6 is 0 Å². The van der Waals surface area contributed by atoms with Crippen LogP contribution in [0.3, 0.4) is 0 Å². The molecule has 0 radical (unpaired) electrons. The molecule has 0 saturated carbocycles. The SMILES string of the molecule is CCc1cccc(C(O)CCC2CCCCO2)c1. The summed E-state index contributed by atoms with van der Waals surface area (Å²) >= 11 is 0. The molecule has 2 rings (SSSR count). The lowest BCUT2D eigenvalue weighted by molar-refractivity contribution is 0.00213. The molecule has 18 heavy (non-hydrogen) atoms. The van der Waals surface area contributed by atoms with Gasteiger partial charge < -0.3 is 9.84 Å². The van der Waals surface area contributed by atoms with Crippen LogP contribution in [0.15, 0.2) is 24.3 Å². The number of hydrogen-bond acceptors (Lipinski definition) is 2. The van der Waals surface area contributed by atoms with Crippen LogP contribution in [0, 0.1) is 0 Å². The van der Waals surface area contributed by atoms with E-state index in [4.69, 9.17) is 4.74 Å².